The van der Waals surface area contributed by atoms with Crippen LogP contribution in [0, 0.1) is 0 Å². The van der Waals surface area contributed by atoms with Crippen LogP contribution in [0.4, 0.5) is 0 Å². The molecule has 18 heavy (non-hydrogen) atoms. The molecule has 3 nitrogen and oxygen atoms in total. The lowest BCUT2D eigenvalue weighted by atomic mass is 10.0. The van der Waals surface area contributed by atoms with Crippen molar-refractivity contribution in [3.8, 4) is 0 Å². The summed E-state index contributed by atoms with van der Waals surface area (Å²) in [6, 6.07) is 7.82. The molecule has 1 aromatic rings. The van der Waals surface area contributed by atoms with Gasteiger partial charge in [0.2, 0.25) is 0 Å². The van der Waals surface area contributed by atoms with E-state index in [1.165, 1.54) is 5.56 Å². The molecule has 1 aromatic carbocycles. The van der Waals surface area contributed by atoms with Crippen molar-refractivity contribution in [1.82, 2.24) is 10.2 Å². The monoisotopic (exact) mass is 250 g/mol. The summed E-state index contributed by atoms with van der Waals surface area (Å²) in [6.45, 7) is 5.79. The van der Waals surface area contributed by atoms with Crippen LogP contribution < -0.4 is 5.32 Å². The number of likely N-dealkylation sites (N-methyl/N-ethyl adjacent to an activating group) is 1. The first kappa shape index (κ1) is 16.6. The molecule has 0 spiro atoms. The summed E-state index contributed by atoms with van der Waals surface area (Å²) in [5, 5.41) is 2.92. The number of amides is 1. The minimum Gasteiger partial charge on any atom is -0.351 e. The predicted molar refractivity (Wildman–Crippen MR) is 78.1 cm³/mol. The molecule has 0 atom stereocenters. The Bertz CT molecular complexity index is 373. The number of rotatable bonds is 5. The summed E-state index contributed by atoms with van der Waals surface area (Å²) in [7, 11) is 3.98. The molecule has 1 N–H and O–H groups in total. The highest BCUT2D eigenvalue weighted by molar-refractivity contribution is 5.94. The lowest BCUT2D eigenvalue weighted by Crippen LogP contribution is -2.31. The van der Waals surface area contributed by atoms with Crippen molar-refractivity contribution in [2.45, 2.75) is 27.2 Å². The molecule has 0 aromatic heterocycles. The van der Waals surface area contributed by atoms with Crippen LogP contribution in [-0.4, -0.2) is 38.0 Å². The average Bonchev–Trinajstić information content (AvgIpc) is 2.28. The van der Waals surface area contributed by atoms with E-state index >= 15 is 0 Å². The van der Waals surface area contributed by atoms with Gasteiger partial charge in [-0.05, 0) is 37.7 Å². The van der Waals surface area contributed by atoms with Crippen LogP contribution in [0.3, 0.4) is 0 Å². The van der Waals surface area contributed by atoms with Crippen LogP contribution in [0.5, 0.6) is 0 Å². The summed E-state index contributed by atoms with van der Waals surface area (Å²) < 4.78 is 0. The minimum absolute atomic E-state index is 0. The quantitative estimate of drug-likeness (QED) is 0.871. The summed E-state index contributed by atoms with van der Waals surface area (Å²) in [6.07, 6.45) is 0. The van der Waals surface area contributed by atoms with Crippen LogP contribution in [0.2, 0.25) is 0 Å². The highest BCUT2D eigenvalue weighted by atomic mass is 16.1. The van der Waals surface area contributed by atoms with E-state index < -0.39 is 0 Å². The molecule has 0 aliphatic rings. The van der Waals surface area contributed by atoms with Gasteiger partial charge in [-0.2, -0.15) is 0 Å². The lowest BCUT2D eigenvalue weighted by Gasteiger charge is -2.11. The van der Waals surface area contributed by atoms with Crippen molar-refractivity contribution < 1.29 is 4.79 Å². The second-order valence-electron chi connectivity index (χ2n) is 4.84. The van der Waals surface area contributed by atoms with Gasteiger partial charge in [-0.15, -0.1) is 0 Å². The molecule has 0 saturated heterocycles. The molecule has 1 amide bonds. The maximum absolute atomic E-state index is 11.9. The minimum atomic E-state index is 0. The Morgan fingerprint density at radius 3 is 2.56 bits per heavy atom. The van der Waals surface area contributed by atoms with E-state index in [4.69, 9.17) is 0 Å². The standard InChI is InChI=1S/C14H22N2O.CH4/c1-11(2)12-6-5-7-13(10-12)14(17)15-8-9-16(3)4;/h5-7,10-11H,8-9H2,1-4H3,(H,15,17);1H4. The zero-order chi connectivity index (χ0) is 12.8. The Labute approximate surface area is 111 Å². The Balaban J connectivity index is 0.00000289. The third kappa shape index (κ3) is 5.32. The van der Waals surface area contributed by atoms with Crippen molar-refractivity contribution in [3.63, 3.8) is 0 Å². The Morgan fingerprint density at radius 1 is 1.33 bits per heavy atom. The molecule has 0 saturated carbocycles. The molecular formula is C15H26N2O. The van der Waals surface area contributed by atoms with Gasteiger partial charge < -0.3 is 10.2 Å². The molecule has 0 aliphatic heterocycles. The third-order valence-corrected chi connectivity index (χ3v) is 2.66. The van der Waals surface area contributed by atoms with Gasteiger partial charge in [-0.3, -0.25) is 4.79 Å². The van der Waals surface area contributed by atoms with Crippen molar-refractivity contribution in [2.24, 2.45) is 0 Å². The number of carbonyl (C=O) groups excluding carboxylic acids is 1. The Hall–Kier alpha value is -1.35. The lowest BCUT2D eigenvalue weighted by molar-refractivity contribution is 0.0951. The average molecular weight is 250 g/mol. The highest BCUT2D eigenvalue weighted by Gasteiger charge is 2.07. The van der Waals surface area contributed by atoms with Crippen molar-refractivity contribution in [1.29, 1.82) is 0 Å². The van der Waals surface area contributed by atoms with Crippen molar-refractivity contribution in [3.05, 3.63) is 35.4 Å². The zero-order valence-corrected chi connectivity index (χ0v) is 11.2. The first-order valence-corrected chi connectivity index (χ1v) is 6.03. The van der Waals surface area contributed by atoms with Gasteiger partial charge in [0.05, 0.1) is 0 Å². The van der Waals surface area contributed by atoms with E-state index in [9.17, 15) is 4.79 Å². The Kier molecular flexibility index (Phi) is 7.29. The van der Waals surface area contributed by atoms with Gasteiger partial charge in [0.1, 0.15) is 0 Å². The van der Waals surface area contributed by atoms with Gasteiger partial charge >= 0.3 is 0 Å². The van der Waals surface area contributed by atoms with Gasteiger partial charge in [0.15, 0.2) is 0 Å². The van der Waals surface area contributed by atoms with Gasteiger partial charge in [-0.1, -0.05) is 33.4 Å². The topological polar surface area (TPSA) is 32.3 Å². The third-order valence-electron chi connectivity index (χ3n) is 2.66. The number of hydrogen-bond donors (Lipinski definition) is 1. The smallest absolute Gasteiger partial charge is 0.251 e. The fourth-order valence-electron chi connectivity index (χ4n) is 1.53. The fraction of sp³-hybridized carbons (Fsp3) is 0.533. The van der Waals surface area contributed by atoms with E-state index in [0.717, 1.165) is 12.1 Å². The first-order valence-electron chi connectivity index (χ1n) is 6.03. The van der Waals surface area contributed by atoms with Crippen LogP contribution in [0.25, 0.3) is 0 Å². The summed E-state index contributed by atoms with van der Waals surface area (Å²) in [4.78, 5) is 13.9. The maximum atomic E-state index is 11.9. The molecule has 0 radical (unpaired) electrons. The molecule has 0 heterocycles. The van der Waals surface area contributed by atoms with Crippen LogP contribution in [-0.2, 0) is 0 Å². The largest absolute Gasteiger partial charge is 0.351 e. The normalized spacial score (nSPS) is 10.3. The summed E-state index contributed by atoms with van der Waals surface area (Å²) >= 11 is 0. The second-order valence-corrected chi connectivity index (χ2v) is 4.84. The van der Waals surface area contributed by atoms with Crippen molar-refractivity contribution >= 4 is 5.91 Å². The number of nitrogens with one attached hydrogen (secondary N) is 1. The fourth-order valence-corrected chi connectivity index (χ4v) is 1.53. The number of benzene rings is 1. The van der Waals surface area contributed by atoms with Crippen LogP contribution >= 0.6 is 0 Å². The highest BCUT2D eigenvalue weighted by Crippen LogP contribution is 2.15. The van der Waals surface area contributed by atoms with Gasteiger partial charge in [-0.25, -0.2) is 0 Å². The number of carbonyl (C=O) groups is 1. The Morgan fingerprint density at radius 2 is 2.00 bits per heavy atom. The summed E-state index contributed by atoms with van der Waals surface area (Å²) in [5.74, 6) is 0.457. The van der Waals surface area contributed by atoms with E-state index in [2.05, 4.69) is 25.2 Å². The molecule has 0 aliphatic carbocycles. The predicted octanol–water partition coefficient (Wildman–Crippen LogP) is 2.74. The summed E-state index contributed by atoms with van der Waals surface area (Å²) in [5.41, 5.74) is 1.94. The van der Waals surface area contributed by atoms with E-state index in [-0.39, 0.29) is 13.3 Å². The molecule has 102 valence electrons. The molecule has 0 bridgehead atoms. The SMILES string of the molecule is C.CC(C)c1cccc(C(=O)NCCN(C)C)c1. The van der Waals surface area contributed by atoms with Gasteiger partial charge in [0.25, 0.3) is 5.91 Å². The van der Waals surface area contributed by atoms with Gasteiger partial charge in [0, 0.05) is 18.7 Å². The van der Waals surface area contributed by atoms with E-state index in [1.807, 2.05) is 37.2 Å². The zero-order valence-electron chi connectivity index (χ0n) is 11.2. The molecule has 1 rings (SSSR count). The molecule has 0 unspecified atom stereocenters. The number of hydrogen-bond acceptors (Lipinski definition) is 2. The number of nitrogens with zero attached hydrogens (tertiary/aromatic N) is 1. The van der Waals surface area contributed by atoms with Crippen LogP contribution in [0.15, 0.2) is 24.3 Å². The first-order chi connectivity index (χ1) is 8.00. The van der Waals surface area contributed by atoms with E-state index in [0.29, 0.717) is 12.5 Å². The van der Waals surface area contributed by atoms with Crippen molar-refractivity contribution in [2.75, 3.05) is 27.2 Å². The molecule has 0 fully saturated rings. The second kappa shape index (κ2) is 7.88. The molecule has 3 heteroatoms. The van der Waals surface area contributed by atoms with E-state index in [1.54, 1.807) is 0 Å². The molecular weight excluding hydrogens is 224 g/mol. The van der Waals surface area contributed by atoms with Crippen LogP contribution in [0.1, 0.15) is 43.1 Å². The maximum Gasteiger partial charge on any atom is 0.251 e.